The summed E-state index contributed by atoms with van der Waals surface area (Å²) >= 11 is 0. The maximum absolute atomic E-state index is 11.7. The molecule has 1 aliphatic heterocycles. The molecule has 1 aliphatic rings. The van der Waals surface area contributed by atoms with Gasteiger partial charge in [-0.25, -0.2) is 0 Å². The highest BCUT2D eigenvalue weighted by molar-refractivity contribution is 5.75. The lowest BCUT2D eigenvalue weighted by Gasteiger charge is -2.08. The van der Waals surface area contributed by atoms with Crippen molar-refractivity contribution in [3.63, 3.8) is 0 Å². The maximum atomic E-state index is 11.7. The minimum Gasteiger partial charge on any atom is -0.356 e. The molecular formula is C14H19N5O2. The van der Waals surface area contributed by atoms with Crippen LogP contribution in [0.4, 0.5) is 0 Å². The van der Waals surface area contributed by atoms with Crippen molar-refractivity contribution < 1.29 is 9.32 Å². The van der Waals surface area contributed by atoms with E-state index >= 15 is 0 Å². The normalized spacial score (nSPS) is 14.7. The fraction of sp³-hybridized carbons (Fsp3) is 0.643. The quantitative estimate of drug-likeness (QED) is 0.554. The molecule has 112 valence electrons. The number of hydrogen-bond donors (Lipinski definition) is 1. The number of terminal acetylenes is 1. The Morgan fingerprint density at radius 3 is 2.86 bits per heavy atom. The van der Waals surface area contributed by atoms with Gasteiger partial charge >= 0.3 is 0 Å². The lowest BCUT2D eigenvalue weighted by Crippen LogP contribution is -2.26. The zero-order valence-corrected chi connectivity index (χ0v) is 12.1. The minimum absolute atomic E-state index is 0.00842. The summed E-state index contributed by atoms with van der Waals surface area (Å²) in [6, 6.07) is 0. The molecule has 0 fully saturated rings. The van der Waals surface area contributed by atoms with E-state index in [0.717, 1.165) is 12.8 Å². The van der Waals surface area contributed by atoms with E-state index in [9.17, 15) is 4.79 Å². The van der Waals surface area contributed by atoms with Crippen molar-refractivity contribution in [2.45, 2.75) is 51.1 Å². The smallest absolute Gasteiger partial charge is 0.226 e. The second kappa shape index (κ2) is 6.97. The standard InChI is InChI=1S/C14H19N5O2/c1-3-4-8-14(18-19-14)9-7-12(20)15-10-5-6-13-16-11(2)17-21-13/h1H,4-10H2,2H3,(H,15,20). The van der Waals surface area contributed by atoms with Crippen LogP contribution in [-0.2, 0) is 11.2 Å². The van der Waals surface area contributed by atoms with E-state index in [0.29, 0.717) is 43.9 Å². The molecule has 0 bridgehead atoms. The zero-order valence-electron chi connectivity index (χ0n) is 12.1. The highest BCUT2D eigenvalue weighted by Crippen LogP contribution is 2.37. The Hall–Kier alpha value is -2.23. The van der Waals surface area contributed by atoms with Crippen LogP contribution in [0.25, 0.3) is 0 Å². The van der Waals surface area contributed by atoms with Crippen molar-refractivity contribution in [2.24, 2.45) is 10.2 Å². The number of rotatable bonds is 9. The molecule has 2 rings (SSSR count). The Morgan fingerprint density at radius 2 is 2.24 bits per heavy atom. The van der Waals surface area contributed by atoms with Crippen molar-refractivity contribution in [3.05, 3.63) is 11.7 Å². The van der Waals surface area contributed by atoms with Gasteiger partial charge in [0.2, 0.25) is 11.8 Å². The fourth-order valence-electron chi connectivity index (χ4n) is 1.98. The van der Waals surface area contributed by atoms with Gasteiger partial charge in [0.15, 0.2) is 11.5 Å². The van der Waals surface area contributed by atoms with Crippen LogP contribution in [0, 0.1) is 19.3 Å². The molecular weight excluding hydrogens is 270 g/mol. The summed E-state index contributed by atoms with van der Waals surface area (Å²) in [6.07, 6.45) is 9.06. The molecule has 21 heavy (non-hydrogen) atoms. The Kier molecular flexibility index (Phi) is 5.04. The number of aromatic nitrogens is 2. The summed E-state index contributed by atoms with van der Waals surface area (Å²) < 4.78 is 4.99. The van der Waals surface area contributed by atoms with Gasteiger partial charge in [0.1, 0.15) is 0 Å². The van der Waals surface area contributed by atoms with Crippen LogP contribution in [0.3, 0.4) is 0 Å². The first-order chi connectivity index (χ1) is 10.1. The second-order valence-electron chi connectivity index (χ2n) is 5.08. The van der Waals surface area contributed by atoms with E-state index in [4.69, 9.17) is 10.9 Å². The van der Waals surface area contributed by atoms with Crippen molar-refractivity contribution in [1.29, 1.82) is 0 Å². The fourth-order valence-corrected chi connectivity index (χ4v) is 1.98. The van der Waals surface area contributed by atoms with Gasteiger partial charge in [-0.2, -0.15) is 15.2 Å². The van der Waals surface area contributed by atoms with Gasteiger partial charge in [-0.05, 0) is 13.3 Å². The van der Waals surface area contributed by atoms with Gasteiger partial charge in [0.25, 0.3) is 0 Å². The summed E-state index contributed by atoms with van der Waals surface area (Å²) in [5.41, 5.74) is -0.384. The van der Waals surface area contributed by atoms with E-state index in [1.54, 1.807) is 6.92 Å². The number of aryl methyl sites for hydroxylation is 2. The highest BCUT2D eigenvalue weighted by atomic mass is 16.5. The molecule has 1 aromatic rings. The summed E-state index contributed by atoms with van der Waals surface area (Å²) in [7, 11) is 0. The summed E-state index contributed by atoms with van der Waals surface area (Å²) in [5.74, 6) is 3.81. The average Bonchev–Trinajstić information content (AvgIpc) is 3.14. The molecule has 2 heterocycles. The average molecular weight is 289 g/mol. The number of nitrogens with zero attached hydrogens (tertiary/aromatic N) is 4. The Labute approximate surface area is 123 Å². The lowest BCUT2D eigenvalue weighted by atomic mass is 10.0. The third-order valence-corrected chi connectivity index (χ3v) is 3.26. The molecule has 0 unspecified atom stereocenters. The first-order valence-electron chi connectivity index (χ1n) is 7.07. The minimum atomic E-state index is -0.384. The van der Waals surface area contributed by atoms with Crippen LogP contribution in [-0.4, -0.2) is 28.3 Å². The zero-order chi connectivity index (χ0) is 15.1. The van der Waals surface area contributed by atoms with Crippen LogP contribution < -0.4 is 5.32 Å². The van der Waals surface area contributed by atoms with Gasteiger partial charge in [-0.3, -0.25) is 4.79 Å². The van der Waals surface area contributed by atoms with E-state index < -0.39 is 0 Å². The number of hydrogen-bond acceptors (Lipinski definition) is 6. The van der Waals surface area contributed by atoms with E-state index in [1.807, 2.05) is 0 Å². The number of carbonyl (C=O) groups is 1. The van der Waals surface area contributed by atoms with Crippen molar-refractivity contribution in [3.8, 4) is 12.3 Å². The third kappa shape index (κ3) is 4.99. The first kappa shape index (κ1) is 15.2. The van der Waals surface area contributed by atoms with Gasteiger partial charge in [0.05, 0.1) is 0 Å². The first-order valence-corrected chi connectivity index (χ1v) is 7.07. The molecule has 0 aromatic carbocycles. The predicted octanol–water partition coefficient (Wildman–Crippen LogP) is 1.78. The molecule has 0 radical (unpaired) electrons. The molecule has 0 spiro atoms. The van der Waals surface area contributed by atoms with E-state index in [2.05, 4.69) is 31.6 Å². The second-order valence-corrected chi connectivity index (χ2v) is 5.08. The van der Waals surface area contributed by atoms with Crippen LogP contribution in [0.2, 0.25) is 0 Å². The van der Waals surface area contributed by atoms with E-state index in [1.165, 1.54) is 0 Å². The molecule has 7 nitrogen and oxygen atoms in total. The Balaban J connectivity index is 1.55. The number of carbonyl (C=O) groups excluding carboxylic acids is 1. The number of amides is 1. The predicted molar refractivity (Wildman–Crippen MR) is 75.3 cm³/mol. The maximum Gasteiger partial charge on any atom is 0.226 e. The van der Waals surface area contributed by atoms with Crippen molar-refractivity contribution in [1.82, 2.24) is 15.5 Å². The van der Waals surface area contributed by atoms with Crippen LogP contribution >= 0.6 is 0 Å². The van der Waals surface area contributed by atoms with Gasteiger partial charge in [-0.15, -0.1) is 12.3 Å². The van der Waals surface area contributed by atoms with Gasteiger partial charge < -0.3 is 9.84 Å². The van der Waals surface area contributed by atoms with Crippen LogP contribution in [0.1, 0.15) is 43.8 Å². The largest absolute Gasteiger partial charge is 0.356 e. The molecule has 0 aliphatic carbocycles. The molecule has 1 amide bonds. The van der Waals surface area contributed by atoms with Crippen molar-refractivity contribution in [2.75, 3.05) is 6.54 Å². The van der Waals surface area contributed by atoms with Crippen LogP contribution in [0.5, 0.6) is 0 Å². The third-order valence-electron chi connectivity index (χ3n) is 3.26. The highest BCUT2D eigenvalue weighted by Gasteiger charge is 2.39. The summed E-state index contributed by atoms with van der Waals surface area (Å²) in [5, 5.41) is 14.6. The molecule has 0 saturated heterocycles. The van der Waals surface area contributed by atoms with E-state index in [-0.39, 0.29) is 11.6 Å². The Bertz CT molecular complexity index is 552. The summed E-state index contributed by atoms with van der Waals surface area (Å²) in [6.45, 7) is 2.37. The van der Waals surface area contributed by atoms with Crippen LogP contribution in [0.15, 0.2) is 14.8 Å². The molecule has 0 saturated carbocycles. The van der Waals surface area contributed by atoms with Crippen molar-refractivity contribution >= 4 is 5.91 Å². The molecule has 1 N–H and O–H groups in total. The SMILES string of the molecule is C#CCCC1(CCC(=O)NCCCc2nc(C)no2)N=N1. The summed E-state index contributed by atoms with van der Waals surface area (Å²) in [4.78, 5) is 15.8. The van der Waals surface area contributed by atoms with Gasteiger partial charge in [-0.1, -0.05) is 5.16 Å². The monoisotopic (exact) mass is 289 g/mol. The molecule has 1 aromatic heterocycles. The lowest BCUT2D eigenvalue weighted by molar-refractivity contribution is -0.121. The molecule has 7 heteroatoms. The Morgan fingerprint density at radius 1 is 1.43 bits per heavy atom. The van der Waals surface area contributed by atoms with Gasteiger partial charge in [0, 0.05) is 38.6 Å². The number of nitrogens with one attached hydrogen (secondary N) is 1. The molecule has 0 atom stereocenters. The topological polar surface area (TPSA) is 92.7 Å².